The molecule has 2 aliphatic rings. The normalized spacial score (nSPS) is 18.2. The van der Waals surface area contributed by atoms with Crippen molar-refractivity contribution in [3.8, 4) is 0 Å². The van der Waals surface area contributed by atoms with Crippen LogP contribution in [0.3, 0.4) is 0 Å². The summed E-state index contributed by atoms with van der Waals surface area (Å²) >= 11 is 0. The number of carboxylic acid groups (broad SMARTS) is 1. The summed E-state index contributed by atoms with van der Waals surface area (Å²) in [6, 6.07) is 6.24. The van der Waals surface area contributed by atoms with Gasteiger partial charge in [0.15, 0.2) is 0 Å². The molecule has 0 bridgehead atoms. The Morgan fingerprint density at radius 2 is 1.52 bits per heavy atom. The number of imide groups is 1. The number of amides is 2. The van der Waals surface area contributed by atoms with Crippen molar-refractivity contribution in [3.05, 3.63) is 46.5 Å². The van der Waals surface area contributed by atoms with Crippen molar-refractivity contribution in [2.45, 2.75) is 32.2 Å². The molecule has 1 aliphatic carbocycles. The van der Waals surface area contributed by atoms with Crippen LogP contribution in [0.5, 0.6) is 0 Å². The Kier molecular flexibility index (Phi) is 3.33. The Labute approximate surface area is 121 Å². The lowest BCUT2D eigenvalue weighted by atomic mass is 9.93. The number of carbonyl (C=O) groups excluding carboxylic acids is 2. The molecule has 0 saturated carbocycles. The summed E-state index contributed by atoms with van der Waals surface area (Å²) in [6.07, 6.45) is 3.29. The first kappa shape index (κ1) is 13.5. The molecule has 0 unspecified atom stereocenters. The molecular weight excluding hydrogens is 270 g/mol. The van der Waals surface area contributed by atoms with Gasteiger partial charge in [-0.25, -0.2) is 4.79 Å². The maximum absolute atomic E-state index is 12.3. The topological polar surface area (TPSA) is 74.7 Å². The van der Waals surface area contributed by atoms with Crippen LogP contribution in [0.25, 0.3) is 0 Å². The molecule has 1 aromatic carbocycles. The van der Waals surface area contributed by atoms with Crippen LogP contribution < -0.4 is 0 Å². The van der Waals surface area contributed by atoms with Crippen LogP contribution in [0, 0.1) is 0 Å². The monoisotopic (exact) mass is 285 g/mol. The lowest BCUT2D eigenvalue weighted by molar-refractivity contribution is -0.138. The van der Waals surface area contributed by atoms with Crippen LogP contribution in [0.1, 0.15) is 41.6 Å². The van der Waals surface area contributed by atoms with Crippen molar-refractivity contribution >= 4 is 17.8 Å². The van der Waals surface area contributed by atoms with Crippen molar-refractivity contribution in [2.24, 2.45) is 0 Å². The van der Waals surface area contributed by atoms with Gasteiger partial charge in [0.1, 0.15) is 0 Å². The molecule has 0 spiro atoms. The van der Waals surface area contributed by atoms with E-state index >= 15 is 0 Å². The minimum Gasteiger partial charge on any atom is -0.478 e. The third-order valence-electron chi connectivity index (χ3n) is 4.02. The Morgan fingerprint density at radius 1 is 1.00 bits per heavy atom. The van der Waals surface area contributed by atoms with Crippen molar-refractivity contribution in [2.75, 3.05) is 0 Å². The van der Waals surface area contributed by atoms with Gasteiger partial charge in [-0.1, -0.05) is 12.1 Å². The van der Waals surface area contributed by atoms with Crippen molar-refractivity contribution in [1.82, 2.24) is 4.90 Å². The van der Waals surface area contributed by atoms with Crippen LogP contribution in [-0.2, 0) is 16.1 Å². The van der Waals surface area contributed by atoms with Crippen molar-refractivity contribution < 1.29 is 19.5 Å². The van der Waals surface area contributed by atoms with Crippen molar-refractivity contribution in [3.63, 3.8) is 0 Å². The summed E-state index contributed by atoms with van der Waals surface area (Å²) in [4.78, 5) is 36.6. The second kappa shape index (κ2) is 5.16. The fraction of sp³-hybridized carbons (Fsp3) is 0.312. The molecule has 2 amide bonds. The highest BCUT2D eigenvalue weighted by atomic mass is 16.4. The standard InChI is InChI=1S/C16H15NO4/c18-14-12-3-1-2-4-13(12)15(19)17(14)9-10-5-7-11(8-6-10)16(20)21/h5-8H,1-4,9H2,(H,20,21). The molecular formula is C16H15NO4. The van der Waals surface area contributed by atoms with Gasteiger partial charge in [0, 0.05) is 11.1 Å². The molecule has 0 saturated heterocycles. The lowest BCUT2D eigenvalue weighted by Crippen LogP contribution is -2.31. The molecule has 0 atom stereocenters. The first-order chi connectivity index (χ1) is 10.1. The molecule has 5 heteroatoms. The largest absolute Gasteiger partial charge is 0.478 e. The van der Waals surface area contributed by atoms with E-state index in [1.165, 1.54) is 17.0 Å². The molecule has 5 nitrogen and oxygen atoms in total. The highest BCUT2D eigenvalue weighted by Gasteiger charge is 2.38. The van der Waals surface area contributed by atoms with E-state index in [9.17, 15) is 14.4 Å². The van der Waals surface area contributed by atoms with E-state index in [1.54, 1.807) is 12.1 Å². The summed E-state index contributed by atoms with van der Waals surface area (Å²) in [5.74, 6) is -1.36. The van der Waals surface area contributed by atoms with Gasteiger partial charge in [-0.3, -0.25) is 14.5 Å². The molecule has 0 radical (unpaired) electrons. The van der Waals surface area contributed by atoms with Gasteiger partial charge in [-0.15, -0.1) is 0 Å². The number of aromatic carboxylic acids is 1. The first-order valence-corrected chi connectivity index (χ1v) is 6.98. The fourth-order valence-electron chi connectivity index (χ4n) is 2.87. The van der Waals surface area contributed by atoms with Gasteiger partial charge in [0.05, 0.1) is 12.1 Å². The van der Waals surface area contributed by atoms with Crippen molar-refractivity contribution in [1.29, 1.82) is 0 Å². The minimum atomic E-state index is -0.994. The number of nitrogens with zero attached hydrogens (tertiary/aromatic N) is 1. The highest BCUT2D eigenvalue weighted by molar-refractivity contribution is 6.19. The van der Waals surface area contributed by atoms with Crippen LogP contribution in [-0.4, -0.2) is 27.8 Å². The maximum atomic E-state index is 12.3. The van der Waals surface area contributed by atoms with Gasteiger partial charge in [0.2, 0.25) is 0 Å². The molecule has 1 N–H and O–H groups in total. The number of benzene rings is 1. The zero-order chi connectivity index (χ0) is 15.0. The van der Waals surface area contributed by atoms with E-state index < -0.39 is 5.97 Å². The van der Waals surface area contributed by atoms with Gasteiger partial charge in [-0.05, 0) is 43.4 Å². The van der Waals surface area contributed by atoms with E-state index in [1.807, 2.05) is 0 Å². The quantitative estimate of drug-likeness (QED) is 0.863. The molecule has 1 aromatic rings. The molecule has 1 heterocycles. The van der Waals surface area contributed by atoms with E-state index in [4.69, 9.17) is 5.11 Å². The third-order valence-corrected chi connectivity index (χ3v) is 4.02. The number of rotatable bonds is 3. The van der Waals surface area contributed by atoms with Crippen LogP contribution in [0.4, 0.5) is 0 Å². The SMILES string of the molecule is O=C(O)c1ccc(CN2C(=O)C3=C(CCCC3)C2=O)cc1. The van der Waals surface area contributed by atoms with Crippen LogP contribution >= 0.6 is 0 Å². The smallest absolute Gasteiger partial charge is 0.335 e. The second-order valence-electron chi connectivity index (χ2n) is 5.36. The van der Waals surface area contributed by atoms with Gasteiger partial charge >= 0.3 is 5.97 Å². The van der Waals surface area contributed by atoms with Crippen LogP contribution in [0.2, 0.25) is 0 Å². The Morgan fingerprint density at radius 3 is 2.00 bits per heavy atom. The van der Waals surface area contributed by atoms with E-state index in [-0.39, 0.29) is 23.9 Å². The van der Waals surface area contributed by atoms with Gasteiger partial charge in [-0.2, -0.15) is 0 Å². The van der Waals surface area contributed by atoms with Crippen LogP contribution in [0.15, 0.2) is 35.4 Å². The summed E-state index contributed by atoms with van der Waals surface area (Å²) in [7, 11) is 0. The summed E-state index contributed by atoms with van der Waals surface area (Å²) in [5.41, 5.74) is 2.29. The predicted octanol–water partition coefficient (Wildman–Crippen LogP) is 2.12. The number of hydrogen-bond donors (Lipinski definition) is 1. The molecule has 1 aliphatic heterocycles. The summed E-state index contributed by atoms with van der Waals surface area (Å²) < 4.78 is 0. The van der Waals surface area contributed by atoms with Gasteiger partial charge < -0.3 is 5.11 Å². The zero-order valence-electron chi connectivity index (χ0n) is 11.5. The summed E-state index contributed by atoms with van der Waals surface area (Å²) in [6.45, 7) is 0.199. The Hall–Kier alpha value is -2.43. The molecule has 0 fully saturated rings. The highest BCUT2D eigenvalue weighted by Crippen LogP contribution is 2.33. The predicted molar refractivity (Wildman–Crippen MR) is 74.5 cm³/mol. The Bertz CT molecular complexity index is 629. The second-order valence-corrected chi connectivity index (χ2v) is 5.36. The van der Waals surface area contributed by atoms with Gasteiger partial charge in [0.25, 0.3) is 11.8 Å². The number of carbonyl (C=O) groups is 3. The average molecular weight is 285 g/mol. The molecule has 108 valence electrons. The first-order valence-electron chi connectivity index (χ1n) is 6.98. The van der Waals surface area contributed by atoms with E-state index in [0.717, 1.165) is 18.4 Å². The number of carboxylic acids is 1. The lowest BCUT2D eigenvalue weighted by Gasteiger charge is -2.15. The Balaban J connectivity index is 1.78. The van der Waals surface area contributed by atoms with E-state index in [0.29, 0.717) is 24.0 Å². The maximum Gasteiger partial charge on any atom is 0.335 e. The molecule has 3 rings (SSSR count). The van der Waals surface area contributed by atoms with E-state index in [2.05, 4.69) is 0 Å². The molecule has 21 heavy (non-hydrogen) atoms. The summed E-state index contributed by atoms with van der Waals surface area (Å²) in [5, 5.41) is 8.86. The number of hydrogen-bond acceptors (Lipinski definition) is 3. The molecule has 0 aromatic heterocycles. The fourth-order valence-corrected chi connectivity index (χ4v) is 2.87. The zero-order valence-corrected chi connectivity index (χ0v) is 11.5. The third kappa shape index (κ3) is 2.35. The minimum absolute atomic E-state index is 0.183. The average Bonchev–Trinajstić information content (AvgIpc) is 2.73.